The van der Waals surface area contributed by atoms with Crippen molar-refractivity contribution in [2.24, 2.45) is 0 Å². The van der Waals surface area contributed by atoms with Crippen molar-refractivity contribution in [3.8, 4) is 0 Å². The van der Waals surface area contributed by atoms with Crippen molar-refractivity contribution in [3.63, 3.8) is 0 Å². The molecule has 0 aliphatic carbocycles. The molecule has 2 aromatic rings. The van der Waals surface area contributed by atoms with Gasteiger partial charge in [-0.1, -0.05) is 58.4 Å². The highest BCUT2D eigenvalue weighted by atomic mass is 32.2. The number of carbonyl (C=O) groups excluding carboxylic acids is 2. The summed E-state index contributed by atoms with van der Waals surface area (Å²) in [7, 11) is 0. The van der Waals surface area contributed by atoms with Crippen molar-refractivity contribution >= 4 is 35.0 Å². The topological polar surface area (TPSA) is 49.4 Å². The number of nitrogens with zero attached hydrogens (tertiary/aromatic N) is 1. The summed E-state index contributed by atoms with van der Waals surface area (Å²) in [5, 5.41) is 2.89. The summed E-state index contributed by atoms with van der Waals surface area (Å²) in [6.07, 6.45) is 2.41. The fourth-order valence-electron chi connectivity index (χ4n) is 3.40. The summed E-state index contributed by atoms with van der Waals surface area (Å²) in [6.45, 7) is 8.62. The van der Waals surface area contributed by atoms with Gasteiger partial charge in [-0.25, -0.2) is 0 Å². The van der Waals surface area contributed by atoms with Gasteiger partial charge < -0.3 is 5.32 Å². The largest absolute Gasteiger partial charge is 0.326 e. The molecule has 2 aromatic carbocycles. The molecular formula is C24H30N2O2S. The molecule has 1 saturated heterocycles. The molecule has 4 nitrogen and oxygen atoms in total. The van der Waals surface area contributed by atoms with E-state index in [2.05, 4.69) is 45.1 Å². The van der Waals surface area contributed by atoms with Gasteiger partial charge in [0.25, 0.3) is 0 Å². The molecule has 5 heteroatoms. The molecule has 1 aliphatic rings. The van der Waals surface area contributed by atoms with Gasteiger partial charge in [0.15, 0.2) is 0 Å². The third-order valence-corrected chi connectivity index (χ3v) is 6.30. The molecular weight excluding hydrogens is 380 g/mol. The van der Waals surface area contributed by atoms with Crippen LogP contribution in [0, 0.1) is 0 Å². The normalized spacial score (nSPS) is 16.9. The second kappa shape index (κ2) is 9.04. The molecule has 0 radical (unpaired) electrons. The Bertz CT molecular complexity index is 871. The molecule has 1 N–H and O–H groups in total. The zero-order valence-corrected chi connectivity index (χ0v) is 18.5. The molecule has 0 bridgehead atoms. The Kier molecular flexibility index (Phi) is 6.68. The third kappa shape index (κ3) is 5.21. The molecule has 1 atom stereocenters. The van der Waals surface area contributed by atoms with Crippen LogP contribution in [0.5, 0.6) is 0 Å². The van der Waals surface area contributed by atoms with E-state index in [0.29, 0.717) is 12.2 Å². The molecule has 0 unspecified atom stereocenters. The highest BCUT2D eigenvalue weighted by Crippen LogP contribution is 2.42. The number of carbonyl (C=O) groups is 2. The third-order valence-electron chi connectivity index (χ3n) is 5.09. The zero-order chi connectivity index (χ0) is 21.0. The Morgan fingerprint density at radius 2 is 1.90 bits per heavy atom. The van der Waals surface area contributed by atoms with Crippen molar-refractivity contribution in [2.45, 2.75) is 57.7 Å². The van der Waals surface area contributed by atoms with Crippen LogP contribution in [0.1, 0.15) is 63.5 Å². The number of hydrogen-bond donors (Lipinski definition) is 1. The summed E-state index contributed by atoms with van der Waals surface area (Å²) < 4.78 is 0. The molecule has 2 amide bonds. The van der Waals surface area contributed by atoms with E-state index in [1.54, 1.807) is 11.8 Å². The summed E-state index contributed by atoms with van der Waals surface area (Å²) >= 11 is 1.62. The molecule has 0 spiro atoms. The Labute approximate surface area is 178 Å². The highest BCUT2D eigenvalue weighted by Gasteiger charge is 2.34. The predicted molar refractivity (Wildman–Crippen MR) is 122 cm³/mol. The summed E-state index contributed by atoms with van der Waals surface area (Å²) in [6, 6.07) is 16.1. The Morgan fingerprint density at radius 3 is 2.55 bits per heavy atom. The van der Waals surface area contributed by atoms with Gasteiger partial charge in [0.1, 0.15) is 5.37 Å². The number of benzene rings is 2. The molecule has 154 valence electrons. The van der Waals surface area contributed by atoms with E-state index >= 15 is 0 Å². The summed E-state index contributed by atoms with van der Waals surface area (Å²) in [5.74, 6) is 0.605. The van der Waals surface area contributed by atoms with Gasteiger partial charge in [0.05, 0.1) is 5.75 Å². The van der Waals surface area contributed by atoms with Gasteiger partial charge >= 0.3 is 0 Å². The molecule has 3 rings (SSSR count). The minimum Gasteiger partial charge on any atom is -0.326 e. The monoisotopic (exact) mass is 410 g/mol. The van der Waals surface area contributed by atoms with Gasteiger partial charge in [-0.2, -0.15) is 0 Å². The molecule has 1 fully saturated rings. The van der Waals surface area contributed by atoms with Gasteiger partial charge in [0.2, 0.25) is 11.8 Å². The van der Waals surface area contributed by atoms with Gasteiger partial charge in [-0.05, 0) is 47.2 Å². The van der Waals surface area contributed by atoms with Gasteiger partial charge in [-0.3, -0.25) is 14.5 Å². The Balaban J connectivity index is 1.82. The second-order valence-electron chi connectivity index (χ2n) is 8.50. The highest BCUT2D eigenvalue weighted by molar-refractivity contribution is 8.00. The first-order valence-electron chi connectivity index (χ1n) is 10.2. The standard InChI is InChI=1S/C24H30N2O2S/c1-5-6-10-21(27)25-19-9-7-8-17(15-19)23-26(22(28)16-29-23)20-13-11-18(12-14-20)24(2,3)4/h7-9,11-15,23H,5-6,10,16H2,1-4H3,(H,25,27)/t23-/m0/s1. The van der Waals surface area contributed by atoms with E-state index in [-0.39, 0.29) is 22.6 Å². The van der Waals surface area contributed by atoms with Crippen molar-refractivity contribution in [1.29, 1.82) is 0 Å². The van der Waals surface area contributed by atoms with E-state index in [4.69, 9.17) is 0 Å². The van der Waals surface area contributed by atoms with Crippen LogP contribution in [-0.2, 0) is 15.0 Å². The average molecular weight is 411 g/mol. The smallest absolute Gasteiger partial charge is 0.238 e. The summed E-state index contributed by atoms with van der Waals surface area (Å²) in [5.41, 5.74) is 4.04. The zero-order valence-electron chi connectivity index (χ0n) is 17.7. The first-order valence-corrected chi connectivity index (χ1v) is 11.3. The molecule has 1 aliphatic heterocycles. The van der Waals surface area contributed by atoms with Crippen LogP contribution in [0.15, 0.2) is 48.5 Å². The Morgan fingerprint density at radius 1 is 1.17 bits per heavy atom. The minimum atomic E-state index is -0.0875. The lowest BCUT2D eigenvalue weighted by atomic mass is 9.87. The number of rotatable bonds is 6. The van der Waals surface area contributed by atoms with E-state index < -0.39 is 0 Å². The van der Waals surface area contributed by atoms with Crippen molar-refractivity contribution in [1.82, 2.24) is 0 Å². The average Bonchev–Trinajstić information content (AvgIpc) is 3.07. The van der Waals surface area contributed by atoms with Crippen LogP contribution in [0.2, 0.25) is 0 Å². The van der Waals surface area contributed by atoms with Crippen LogP contribution < -0.4 is 10.2 Å². The Hall–Kier alpha value is -2.27. The molecule has 29 heavy (non-hydrogen) atoms. The maximum absolute atomic E-state index is 12.7. The van der Waals surface area contributed by atoms with Crippen LogP contribution >= 0.6 is 11.8 Å². The first-order chi connectivity index (χ1) is 13.8. The van der Waals surface area contributed by atoms with Gasteiger partial charge in [0, 0.05) is 17.8 Å². The number of anilines is 2. The molecule has 0 saturated carbocycles. The number of thioether (sulfide) groups is 1. The number of unbranched alkanes of at least 4 members (excludes halogenated alkanes) is 1. The first kappa shape index (κ1) is 21.4. The molecule has 1 heterocycles. The number of hydrogen-bond acceptors (Lipinski definition) is 3. The van der Waals surface area contributed by atoms with Gasteiger partial charge in [-0.15, -0.1) is 11.8 Å². The molecule has 0 aromatic heterocycles. The lowest BCUT2D eigenvalue weighted by molar-refractivity contribution is -0.116. The van der Waals surface area contributed by atoms with Crippen LogP contribution in [-0.4, -0.2) is 17.6 Å². The fourth-order valence-corrected chi connectivity index (χ4v) is 4.57. The maximum Gasteiger partial charge on any atom is 0.238 e. The fraction of sp³-hybridized carbons (Fsp3) is 0.417. The quantitative estimate of drug-likeness (QED) is 0.646. The SMILES string of the molecule is CCCCC(=O)Nc1cccc([C@@H]2SCC(=O)N2c2ccc(C(C)(C)C)cc2)c1. The van der Waals surface area contributed by atoms with Crippen molar-refractivity contribution in [3.05, 3.63) is 59.7 Å². The van der Waals surface area contributed by atoms with E-state index in [9.17, 15) is 9.59 Å². The second-order valence-corrected chi connectivity index (χ2v) is 9.57. The predicted octanol–water partition coefficient (Wildman–Crippen LogP) is 5.89. The number of nitrogens with one attached hydrogen (secondary N) is 1. The van der Waals surface area contributed by atoms with Crippen LogP contribution in [0.3, 0.4) is 0 Å². The number of amides is 2. The summed E-state index contributed by atoms with van der Waals surface area (Å²) in [4.78, 5) is 26.6. The van der Waals surface area contributed by atoms with E-state index in [1.165, 1.54) is 5.56 Å². The van der Waals surface area contributed by atoms with Crippen molar-refractivity contribution < 1.29 is 9.59 Å². The van der Waals surface area contributed by atoms with Crippen molar-refractivity contribution in [2.75, 3.05) is 16.0 Å². The van der Waals surface area contributed by atoms with E-state index in [0.717, 1.165) is 29.8 Å². The minimum absolute atomic E-state index is 0.0359. The lowest BCUT2D eigenvalue weighted by Crippen LogP contribution is -2.28. The van der Waals surface area contributed by atoms with Crippen LogP contribution in [0.25, 0.3) is 0 Å². The maximum atomic E-state index is 12.7. The van der Waals surface area contributed by atoms with Crippen LogP contribution in [0.4, 0.5) is 11.4 Å². The lowest BCUT2D eigenvalue weighted by Gasteiger charge is -2.26. The van der Waals surface area contributed by atoms with E-state index in [1.807, 2.05) is 41.3 Å².